The van der Waals surface area contributed by atoms with E-state index in [2.05, 4.69) is 24.4 Å². The van der Waals surface area contributed by atoms with Crippen molar-refractivity contribution in [3.63, 3.8) is 0 Å². The second-order valence-electron chi connectivity index (χ2n) is 6.99. The predicted molar refractivity (Wildman–Crippen MR) is 81.5 cm³/mol. The molecule has 1 saturated carbocycles. The Morgan fingerprint density at radius 2 is 1.90 bits per heavy atom. The van der Waals surface area contributed by atoms with E-state index >= 15 is 0 Å². The summed E-state index contributed by atoms with van der Waals surface area (Å²) < 4.78 is 0. The average Bonchev–Trinajstić information content (AvgIpc) is 2.40. The van der Waals surface area contributed by atoms with Crippen molar-refractivity contribution in [2.75, 3.05) is 0 Å². The normalized spacial score (nSPS) is 29.9. The third-order valence-electron chi connectivity index (χ3n) is 5.25. The summed E-state index contributed by atoms with van der Waals surface area (Å²) in [7, 11) is 0. The summed E-state index contributed by atoms with van der Waals surface area (Å²) in [4.78, 5) is 24.2. The summed E-state index contributed by atoms with van der Waals surface area (Å²) in [6.07, 6.45) is 6.01. The fraction of sp³-hybridized carbons (Fsp3) is 0.556. The first-order chi connectivity index (χ1) is 10.1. The van der Waals surface area contributed by atoms with E-state index in [1.807, 2.05) is 18.2 Å². The molecule has 1 aromatic rings. The van der Waals surface area contributed by atoms with Gasteiger partial charge in [0.2, 0.25) is 11.8 Å². The van der Waals surface area contributed by atoms with Crippen molar-refractivity contribution in [2.45, 2.75) is 45.4 Å². The number of amides is 2. The molecule has 0 bridgehead atoms. The van der Waals surface area contributed by atoms with Crippen molar-refractivity contribution in [2.24, 2.45) is 17.3 Å². The van der Waals surface area contributed by atoms with Crippen LogP contribution in [0.2, 0.25) is 0 Å². The zero-order chi connectivity index (χ0) is 14.9. The number of hydrogen-bond acceptors (Lipinski definition) is 2. The average molecular weight is 285 g/mol. The molecule has 21 heavy (non-hydrogen) atoms. The van der Waals surface area contributed by atoms with Gasteiger partial charge in [-0.1, -0.05) is 56.5 Å². The largest absolute Gasteiger partial charge is 0.296 e. The van der Waals surface area contributed by atoms with E-state index in [1.165, 1.54) is 24.8 Å². The molecule has 3 nitrogen and oxygen atoms in total. The van der Waals surface area contributed by atoms with Crippen molar-refractivity contribution < 1.29 is 9.59 Å². The number of imide groups is 1. The summed E-state index contributed by atoms with van der Waals surface area (Å²) in [5.74, 6) is 0.410. The van der Waals surface area contributed by atoms with Crippen LogP contribution in [0.5, 0.6) is 0 Å². The lowest BCUT2D eigenvalue weighted by molar-refractivity contribution is -0.144. The lowest BCUT2D eigenvalue weighted by Crippen LogP contribution is -2.52. The van der Waals surface area contributed by atoms with Gasteiger partial charge in [-0.3, -0.25) is 14.9 Å². The smallest absolute Gasteiger partial charge is 0.230 e. The van der Waals surface area contributed by atoms with Gasteiger partial charge in [0.25, 0.3) is 0 Å². The lowest BCUT2D eigenvalue weighted by Gasteiger charge is -2.44. The van der Waals surface area contributed by atoms with Crippen molar-refractivity contribution in [3.05, 3.63) is 35.9 Å². The fourth-order valence-electron chi connectivity index (χ4n) is 3.83. The summed E-state index contributed by atoms with van der Waals surface area (Å²) in [6, 6.07) is 10.1. The van der Waals surface area contributed by atoms with Crippen LogP contribution in [0.4, 0.5) is 0 Å². The number of rotatable bonds is 4. The molecule has 1 heterocycles. The maximum absolute atomic E-state index is 12.4. The van der Waals surface area contributed by atoms with Crippen molar-refractivity contribution in [3.8, 4) is 0 Å². The Balaban J connectivity index is 1.81. The van der Waals surface area contributed by atoms with Crippen LogP contribution in [-0.2, 0) is 16.0 Å². The SMILES string of the molecule is CC1(CC2CCC2)CC(=O)NC(=O)C1Cc1ccccc1. The molecule has 1 aromatic carbocycles. The maximum atomic E-state index is 12.4. The molecule has 1 N–H and O–H groups in total. The van der Waals surface area contributed by atoms with Crippen LogP contribution in [0.15, 0.2) is 30.3 Å². The Morgan fingerprint density at radius 3 is 2.52 bits per heavy atom. The first-order valence-electron chi connectivity index (χ1n) is 7.94. The van der Waals surface area contributed by atoms with E-state index in [4.69, 9.17) is 0 Å². The maximum Gasteiger partial charge on any atom is 0.230 e. The highest BCUT2D eigenvalue weighted by atomic mass is 16.2. The minimum atomic E-state index is -0.194. The Bertz CT molecular complexity index is 535. The van der Waals surface area contributed by atoms with Gasteiger partial charge in [-0.25, -0.2) is 0 Å². The van der Waals surface area contributed by atoms with Crippen LogP contribution in [-0.4, -0.2) is 11.8 Å². The first-order valence-corrected chi connectivity index (χ1v) is 7.94. The molecule has 3 rings (SSSR count). The zero-order valence-corrected chi connectivity index (χ0v) is 12.6. The summed E-state index contributed by atoms with van der Waals surface area (Å²) in [5, 5.41) is 2.54. The van der Waals surface area contributed by atoms with E-state index in [0.29, 0.717) is 12.3 Å². The van der Waals surface area contributed by atoms with Gasteiger partial charge in [0.05, 0.1) is 0 Å². The number of carbonyl (C=O) groups excluding carboxylic acids is 2. The summed E-state index contributed by atoms with van der Waals surface area (Å²) >= 11 is 0. The molecular formula is C18H23NO2. The second-order valence-corrected chi connectivity index (χ2v) is 6.99. The molecule has 0 radical (unpaired) electrons. The topological polar surface area (TPSA) is 46.2 Å². The molecular weight excluding hydrogens is 262 g/mol. The Kier molecular flexibility index (Phi) is 3.83. The monoisotopic (exact) mass is 285 g/mol. The van der Waals surface area contributed by atoms with Crippen LogP contribution in [0.1, 0.15) is 44.6 Å². The summed E-state index contributed by atoms with van der Waals surface area (Å²) in [6.45, 7) is 2.13. The van der Waals surface area contributed by atoms with Crippen molar-refractivity contribution >= 4 is 11.8 Å². The fourth-order valence-corrected chi connectivity index (χ4v) is 3.83. The molecule has 0 aromatic heterocycles. The predicted octanol–water partition coefficient (Wildman–Crippen LogP) is 3.09. The van der Waals surface area contributed by atoms with Crippen molar-refractivity contribution in [1.82, 2.24) is 5.32 Å². The highest BCUT2D eigenvalue weighted by molar-refractivity contribution is 5.99. The lowest BCUT2D eigenvalue weighted by atomic mass is 9.62. The first kappa shape index (κ1) is 14.3. The van der Waals surface area contributed by atoms with Gasteiger partial charge < -0.3 is 0 Å². The Hall–Kier alpha value is -1.64. The minimum Gasteiger partial charge on any atom is -0.296 e. The van der Waals surface area contributed by atoms with E-state index in [0.717, 1.165) is 12.8 Å². The molecule has 1 saturated heterocycles. The van der Waals surface area contributed by atoms with Crippen LogP contribution < -0.4 is 5.32 Å². The number of benzene rings is 1. The number of hydrogen-bond donors (Lipinski definition) is 1. The van der Waals surface area contributed by atoms with Gasteiger partial charge >= 0.3 is 0 Å². The third kappa shape index (κ3) is 3.02. The second kappa shape index (κ2) is 5.63. The van der Waals surface area contributed by atoms with Gasteiger partial charge in [-0.15, -0.1) is 0 Å². The molecule has 0 spiro atoms. The van der Waals surface area contributed by atoms with Gasteiger partial charge in [-0.2, -0.15) is 0 Å². The van der Waals surface area contributed by atoms with Gasteiger partial charge in [0.15, 0.2) is 0 Å². The van der Waals surface area contributed by atoms with Crippen LogP contribution >= 0.6 is 0 Å². The van der Waals surface area contributed by atoms with E-state index in [-0.39, 0.29) is 23.1 Å². The molecule has 2 atom stereocenters. The standard InChI is InChI=1S/C18H23NO2/c1-18(11-14-8-5-9-14)12-16(20)19-17(21)15(18)10-13-6-3-2-4-7-13/h2-4,6-7,14-15H,5,8-12H2,1H3,(H,19,20,21). The van der Waals surface area contributed by atoms with E-state index in [9.17, 15) is 9.59 Å². The molecule has 1 aliphatic heterocycles. The minimum absolute atomic E-state index is 0.0862. The van der Waals surface area contributed by atoms with Crippen LogP contribution in [0.25, 0.3) is 0 Å². The molecule has 3 heteroatoms. The van der Waals surface area contributed by atoms with E-state index in [1.54, 1.807) is 0 Å². The molecule has 1 aliphatic carbocycles. The molecule has 2 aliphatic rings. The zero-order valence-electron chi connectivity index (χ0n) is 12.6. The molecule has 2 unspecified atom stereocenters. The van der Waals surface area contributed by atoms with Gasteiger partial charge in [0.1, 0.15) is 0 Å². The molecule has 2 fully saturated rings. The highest BCUT2D eigenvalue weighted by Gasteiger charge is 2.46. The molecule has 2 amide bonds. The summed E-state index contributed by atoms with van der Waals surface area (Å²) in [5.41, 5.74) is 0.979. The highest BCUT2D eigenvalue weighted by Crippen LogP contribution is 2.46. The number of nitrogens with one attached hydrogen (secondary N) is 1. The van der Waals surface area contributed by atoms with E-state index < -0.39 is 0 Å². The van der Waals surface area contributed by atoms with Gasteiger partial charge in [0, 0.05) is 12.3 Å². The number of carbonyl (C=O) groups is 2. The van der Waals surface area contributed by atoms with Crippen molar-refractivity contribution in [1.29, 1.82) is 0 Å². The van der Waals surface area contributed by atoms with Gasteiger partial charge in [-0.05, 0) is 29.7 Å². The Morgan fingerprint density at radius 1 is 1.19 bits per heavy atom. The van der Waals surface area contributed by atoms with Crippen LogP contribution in [0.3, 0.4) is 0 Å². The molecule has 112 valence electrons. The van der Waals surface area contributed by atoms with Crippen LogP contribution in [0, 0.1) is 17.3 Å². The quantitative estimate of drug-likeness (QED) is 0.864. The Labute approximate surface area is 126 Å². The third-order valence-corrected chi connectivity index (χ3v) is 5.25. The number of piperidine rings is 1.